The molecule has 0 aromatic carbocycles. The highest BCUT2D eigenvalue weighted by atomic mass is 32.1. The molecule has 0 amide bonds. The zero-order chi connectivity index (χ0) is 14.5. The Bertz CT molecular complexity index is 453. The number of nitrogens with zero attached hydrogens (tertiary/aromatic N) is 2. The molecule has 1 aromatic rings. The van der Waals surface area contributed by atoms with Gasteiger partial charge in [-0.1, -0.05) is 12.2 Å². The van der Waals surface area contributed by atoms with E-state index < -0.39 is 12.8 Å². The monoisotopic (exact) mass is 294 g/mol. The summed E-state index contributed by atoms with van der Waals surface area (Å²) in [5.41, 5.74) is 6.49. The van der Waals surface area contributed by atoms with Crippen molar-refractivity contribution in [3.8, 4) is 0 Å². The van der Waals surface area contributed by atoms with Gasteiger partial charge in [0.2, 0.25) is 5.95 Å². The van der Waals surface area contributed by atoms with E-state index in [0.717, 1.165) is 0 Å². The Kier molecular flexibility index (Phi) is 5.43. The van der Waals surface area contributed by atoms with Crippen LogP contribution in [-0.4, -0.2) is 40.9 Å². The fourth-order valence-electron chi connectivity index (χ4n) is 1.20. The molecule has 1 aromatic heterocycles. The molecule has 1 heterocycles. The van der Waals surface area contributed by atoms with Gasteiger partial charge in [-0.3, -0.25) is 0 Å². The minimum Gasteiger partial charge on any atom is -0.388 e. The number of thiocarbonyl (C=S) groups is 1. The molecule has 0 aliphatic carbocycles. The van der Waals surface area contributed by atoms with E-state index in [9.17, 15) is 13.2 Å². The van der Waals surface area contributed by atoms with Crippen molar-refractivity contribution in [1.82, 2.24) is 9.97 Å². The van der Waals surface area contributed by atoms with Crippen molar-refractivity contribution in [2.24, 2.45) is 5.73 Å². The van der Waals surface area contributed by atoms with Crippen molar-refractivity contribution in [3.63, 3.8) is 0 Å². The molecule has 0 radical (unpaired) electrons. The number of aryl methyl sites for hydroxylation is 1. The predicted octanol–water partition coefficient (Wildman–Crippen LogP) is 1.41. The molecule has 5 nitrogen and oxygen atoms in total. The molecule has 9 heteroatoms. The predicted molar refractivity (Wildman–Crippen MR) is 68.0 cm³/mol. The summed E-state index contributed by atoms with van der Waals surface area (Å²) in [4.78, 5) is 8.19. The molecule has 0 bridgehead atoms. The van der Waals surface area contributed by atoms with Crippen LogP contribution in [0.3, 0.4) is 0 Å². The molecule has 3 N–H and O–H groups in total. The van der Waals surface area contributed by atoms with Gasteiger partial charge in [-0.25, -0.2) is 9.97 Å². The van der Waals surface area contributed by atoms with E-state index in [-0.39, 0.29) is 24.1 Å². The van der Waals surface area contributed by atoms with Crippen LogP contribution in [0.4, 0.5) is 19.1 Å². The van der Waals surface area contributed by atoms with E-state index in [2.05, 4.69) is 20.0 Å². The van der Waals surface area contributed by atoms with Crippen molar-refractivity contribution >= 4 is 23.2 Å². The number of aromatic nitrogens is 2. The quantitative estimate of drug-likeness (QED) is 0.610. The van der Waals surface area contributed by atoms with E-state index in [1.54, 1.807) is 13.0 Å². The van der Waals surface area contributed by atoms with Gasteiger partial charge in [-0.2, -0.15) is 13.2 Å². The molecule has 0 fully saturated rings. The van der Waals surface area contributed by atoms with Crippen LogP contribution in [0.15, 0.2) is 6.07 Å². The van der Waals surface area contributed by atoms with Crippen LogP contribution >= 0.6 is 12.2 Å². The zero-order valence-corrected chi connectivity index (χ0v) is 10.9. The van der Waals surface area contributed by atoms with Crippen molar-refractivity contribution in [2.75, 3.05) is 25.1 Å². The van der Waals surface area contributed by atoms with Crippen molar-refractivity contribution in [2.45, 2.75) is 13.1 Å². The van der Waals surface area contributed by atoms with Gasteiger partial charge >= 0.3 is 6.18 Å². The van der Waals surface area contributed by atoms with E-state index in [0.29, 0.717) is 11.4 Å². The number of nitrogens with one attached hydrogen (secondary N) is 1. The molecule has 106 valence electrons. The summed E-state index contributed by atoms with van der Waals surface area (Å²) in [7, 11) is 0. The second kappa shape index (κ2) is 6.62. The molecular weight excluding hydrogens is 281 g/mol. The first-order valence-electron chi connectivity index (χ1n) is 5.32. The number of rotatable bonds is 6. The van der Waals surface area contributed by atoms with E-state index in [4.69, 9.17) is 18.0 Å². The normalized spacial score (nSPS) is 11.4. The molecule has 0 unspecified atom stereocenters. The van der Waals surface area contributed by atoms with Gasteiger partial charge in [0.05, 0.1) is 6.61 Å². The lowest BCUT2D eigenvalue weighted by Crippen LogP contribution is -2.21. The number of nitrogens with two attached hydrogens (primary N) is 1. The average Bonchev–Trinajstić information content (AvgIpc) is 2.26. The first-order valence-corrected chi connectivity index (χ1v) is 5.72. The van der Waals surface area contributed by atoms with Gasteiger partial charge in [-0.05, 0) is 13.0 Å². The molecule has 0 saturated heterocycles. The minimum absolute atomic E-state index is 0.112. The topological polar surface area (TPSA) is 73.1 Å². The number of anilines is 1. The van der Waals surface area contributed by atoms with Gasteiger partial charge in [0.15, 0.2) is 0 Å². The first-order chi connectivity index (χ1) is 8.78. The molecule has 1 rings (SSSR count). The summed E-state index contributed by atoms with van der Waals surface area (Å²) >= 11 is 4.79. The lowest BCUT2D eigenvalue weighted by atomic mass is 10.3. The molecule has 0 saturated carbocycles. The van der Waals surface area contributed by atoms with Crippen LogP contribution in [0.1, 0.15) is 11.4 Å². The second-order valence-corrected chi connectivity index (χ2v) is 4.12. The zero-order valence-electron chi connectivity index (χ0n) is 10.1. The van der Waals surface area contributed by atoms with E-state index in [1.165, 1.54) is 0 Å². The maximum atomic E-state index is 11.8. The summed E-state index contributed by atoms with van der Waals surface area (Å²) in [6.07, 6.45) is -4.32. The van der Waals surface area contributed by atoms with E-state index >= 15 is 0 Å². The van der Waals surface area contributed by atoms with E-state index in [1.807, 2.05) is 0 Å². The van der Waals surface area contributed by atoms with Gasteiger partial charge in [0.1, 0.15) is 17.3 Å². The van der Waals surface area contributed by atoms with Gasteiger partial charge in [0.25, 0.3) is 0 Å². The van der Waals surface area contributed by atoms with Crippen molar-refractivity contribution in [3.05, 3.63) is 17.5 Å². The van der Waals surface area contributed by atoms with Gasteiger partial charge in [-0.15, -0.1) is 0 Å². The number of hydrogen-bond acceptors (Lipinski definition) is 5. The molecule has 0 atom stereocenters. The molecule has 0 spiro atoms. The smallest absolute Gasteiger partial charge is 0.388 e. The second-order valence-electron chi connectivity index (χ2n) is 3.68. The summed E-state index contributed by atoms with van der Waals surface area (Å²) in [6.45, 7) is 0.492. The number of hydrogen-bond donors (Lipinski definition) is 2. The Labute approximate surface area is 113 Å². The van der Waals surface area contributed by atoms with Gasteiger partial charge < -0.3 is 15.8 Å². The van der Waals surface area contributed by atoms with Gasteiger partial charge in [0, 0.05) is 12.2 Å². The summed E-state index contributed by atoms with van der Waals surface area (Å²) in [6, 6.07) is 1.62. The maximum absolute atomic E-state index is 11.8. The lowest BCUT2D eigenvalue weighted by molar-refractivity contribution is -0.172. The third-order valence-electron chi connectivity index (χ3n) is 1.90. The van der Waals surface area contributed by atoms with Crippen LogP contribution in [-0.2, 0) is 4.74 Å². The highest BCUT2D eigenvalue weighted by Gasteiger charge is 2.27. The minimum atomic E-state index is -4.32. The fraction of sp³-hybridized carbons (Fsp3) is 0.500. The highest BCUT2D eigenvalue weighted by molar-refractivity contribution is 7.80. The number of halogens is 3. The fourth-order valence-corrected chi connectivity index (χ4v) is 1.30. The standard InChI is InChI=1S/C10H13F3N4OS/c1-6-4-7(8(14)19)17-9(16-6)15-2-3-18-5-10(11,12)13/h4H,2-3,5H2,1H3,(H2,14,19)(H,15,16,17). The third-order valence-corrected chi connectivity index (χ3v) is 2.11. The summed E-state index contributed by atoms with van der Waals surface area (Å²) in [5.74, 6) is 0.249. The average molecular weight is 294 g/mol. The number of ether oxygens (including phenoxy) is 1. The Morgan fingerprint density at radius 3 is 2.74 bits per heavy atom. The van der Waals surface area contributed by atoms with Crippen LogP contribution in [0.5, 0.6) is 0 Å². The van der Waals surface area contributed by atoms with Crippen molar-refractivity contribution in [1.29, 1.82) is 0 Å². The van der Waals surface area contributed by atoms with Crippen LogP contribution < -0.4 is 11.1 Å². The van der Waals surface area contributed by atoms with Crippen LogP contribution in [0, 0.1) is 6.92 Å². The Balaban J connectivity index is 2.43. The summed E-state index contributed by atoms with van der Waals surface area (Å²) in [5, 5.41) is 2.74. The Morgan fingerprint density at radius 1 is 1.47 bits per heavy atom. The molecular formula is C10H13F3N4OS. The molecule has 0 aliphatic heterocycles. The number of alkyl halides is 3. The van der Waals surface area contributed by atoms with Crippen LogP contribution in [0.25, 0.3) is 0 Å². The Morgan fingerprint density at radius 2 is 2.16 bits per heavy atom. The SMILES string of the molecule is Cc1cc(C(N)=S)nc(NCCOCC(F)(F)F)n1. The largest absolute Gasteiger partial charge is 0.411 e. The van der Waals surface area contributed by atoms with Crippen LogP contribution in [0.2, 0.25) is 0 Å². The maximum Gasteiger partial charge on any atom is 0.411 e. The molecule has 0 aliphatic rings. The molecule has 19 heavy (non-hydrogen) atoms. The Hall–Kier alpha value is -1.48. The third kappa shape index (κ3) is 6.30. The lowest BCUT2D eigenvalue weighted by Gasteiger charge is -2.09. The van der Waals surface area contributed by atoms with Crippen molar-refractivity contribution < 1.29 is 17.9 Å². The first kappa shape index (κ1) is 15.6. The summed E-state index contributed by atoms with van der Waals surface area (Å²) < 4.78 is 39.8. The highest BCUT2D eigenvalue weighted by Crippen LogP contribution is 2.14.